The molecule has 0 bridgehead atoms. The first kappa shape index (κ1) is 35.6. The minimum atomic E-state index is -4.78. The second-order valence-electron chi connectivity index (χ2n) is 13.0. The molecular formula is C28H46K2NO5P. The number of hydrogen-bond acceptors (Lipinski definition) is 5. The first-order valence-corrected chi connectivity index (χ1v) is 15.8. The molecule has 0 aromatic carbocycles. The van der Waals surface area contributed by atoms with Crippen LogP contribution in [0.15, 0.2) is 11.6 Å². The van der Waals surface area contributed by atoms with Gasteiger partial charge in [-0.25, -0.2) is 4.79 Å². The van der Waals surface area contributed by atoms with Crippen LogP contribution in [0, 0.1) is 40.4 Å². The third kappa shape index (κ3) is 8.51. The minimum absolute atomic E-state index is 0. The van der Waals surface area contributed by atoms with Gasteiger partial charge in [0.2, 0.25) is 0 Å². The van der Waals surface area contributed by atoms with Gasteiger partial charge in [-0.1, -0.05) is 58.6 Å². The van der Waals surface area contributed by atoms with Gasteiger partial charge in [0.15, 0.2) is 0 Å². The Morgan fingerprint density at radius 2 is 1.84 bits per heavy atom. The van der Waals surface area contributed by atoms with E-state index in [0.717, 1.165) is 49.4 Å². The zero-order valence-electron chi connectivity index (χ0n) is 24.2. The maximum atomic E-state index is 12.0. The third-order valence-corrected chi connectivity index (χ3v) is 11.1. The Morgan fingerprint density at radius 1 is 1.11 bits per heavy atom. The zero-order valence-corrected chi connectivity index (χ0v) is 31.4. The molecule has 4 rings (SSSR count). The van der Waals surface area contributed by atoms with Crippen molar-refractivity contribution in [3.63, 3.8) is 0 Å². The maximum absolute atomic E-state index is 12.0. The van der Waals surface area contributed by atoms with E-state index in [9.17, 15) is 19.1 Å². The molecule has 0 unspecified atom stereocenters. The van der Waals surface area contributed by atoms with Gasteiger partial charge in [0.25, 0.3) is 0 Å². The number of ether oxygens (including phenoxy) is 1. The van der Waals surface area contributed by atoms with E-state index in [2.05, 4.69) is 39.1 Å². The Kier molecular flexibility index (Phi) is 14.2. The van der Waals surface area contributed by atoms with Crippen LogP contribution in [-0.4, -0.2) is 18.5 Å². The van der Waals surface area contributed by atoms with Gasteiger partial charge in [-0.05, 0) is 99.4 Å². The van der Waals surface area contributed by atoms with E-state index >= 15 is 0 Å². The number of fused-ring (bicyclic) bond motifs is 5. The van der Waals surface area contributed by atoms with Gasteiger partial charge in [0.1, 0.15) is 6.10 Å². The summed E-state index contributed by atoms with van der Waals surface area (Å²) in [6.07, 6.45) is 15.1. The minimum Gasteiger partial charge on any atom is -0.810 e. The molecule has 1 N–H and O–H groups in total. The average molecular weight is 586 g/mol. The van der Waals surface area contributed by atoms with E-state index in [1.54, 1.807) is 0 Å². The van der Waals surface area contributed by atoms with Crippen LogP contribution in [0.3, 0.4) is 0 Å². The maximum Gasteiger partial charge on any atom is 1.00 e. The Bertz CT molecular complexity index is 864. The SMILES string of the molecule is CC(C)CCCC[C@H]1CC[C@H]2[C@@H]3CC=C4C[C@@H](OC(=O)NCP(=O)([O-])[O-])CC[C@]4(C)[C@H]3CC[C@]12C.[K+].[K+]. The van der Waals surface area contributed by atoms with Crippen molar-refractivity contribution in [3.05, 3.63) is 11.6 Å². The van der Waals surface area contributed by atoms with Crippen molar-refractivity contribution < 1.29 is 127 Å². The second kappa shape index (κ2) is 14.7. The van der Waals surface area contributed by atoms with Gasteiger partial charge in [0, 0.05) is 12.7 Å². The molecule has 37 heavy (non-hydrogen) atoms. The van der Waals surface area contributed by atoms with Crippen molar-refractivity contribution in [2.75, 3.05) is 6.29 Å². The molecule has 0 radical (unpaired) electrons. The molecule has 0 spiro atoms. The fourth-order valence-electron chi connectivity index (χ4n) is 8.61. The molecule has 4 aliphatic carbocycles. The van der Waals surface area contributed by atoms with Crippen LogP contribution in [0.2, 0.25) is 0 Å². The number of amides is 1. The third-order valence-electron chi connectivity index (χ3n) is 10.5. The Hall–Kier alpha value is 2.43. The normalized spacial score (nSPS) is 36.7. The predicted molar refractivity (Wildman–Crippen MR) is 134 cm³/mol. The second-order valence-corrected chi connectivity index (χ2v) is 14.5. The smallest absolute Gasteiger partial charge is 0.810 e. The molecule has 9 heteroatoms. The van der Waals surface area contributed by atoms with E-state index < -0.39 is 20.0 Å². The van der Waals surface area contributed by atoms with Crippen LogP contribution in [0.5, 0.6) is 0 Å². The van der Waals surface area contributed by atoms with Crippen LogP contribution >= 0.6 is 7.60 Å². The molecule has 7 atom stereocenters. The summed E-state index contributed by atoms with van der Waals surface area (Å²) in [7, 11) is -4.78. The summed E-state index contributed by atoms with van der Waals surface area (Å²) in [6, 6.07) is 0. The van der Waals surface area contributed by atoms with Crippen LogP contribution < -0.4 is 118 Å². The first-order chi connectivity index (χ1) is 16.4. The van der Waals surface area contributed by atoms with Crippen molar-refractivity contribution in [1.29, 1.82) is 0 Å². The molecule has 3 saturated carbocycles. The molecule has 200 valence electrons. The quantitative estimate of drug-likeness (QED) is 0.183. The molecule has 0 aromatic heterocycles. The van der Waals surface area contributed by atoms with Crippen LogP contribution in [0.25, 0.3) is 0 Å². The summed E-state index contributed by atoms with van der Waals surface area (Å²) < 4.78 is 16.3. The Balaban J connectivity index is 0.00000241. The van der Waals surface area contributed by atoms with Crippen LogP contribution in [-0.2, 0) is 9.30 Å². The summed E-state index contributed by atoms with van der Waals surface area (Å²) in [5.41, 5.74) is 2.10. The number of carbonyl (C=O) groups excluding carboxylic acids is 1. The molecule has 0 saturated heterocycles. The van der Waals surface area contributed by atoms with E-state index in [0.29, 0.717) is 11.3 Å². The van der Waals surface area contributed by atoms with Gasteiger partial charge in [-0.15, -0.1) is 0 Å². The molecule has 3 fully saturated rings. The van der Waals surface area contributed by atoms with E-state index in [1.165, 1.54) is 56.9 Å². The first-order valence-electron chi connectivity index (χ1n) is 14.1. The van der Waals surface area contributed by atoms with E-state index in [1.807, 2.05) is 0 Å². The van der Waals surface area contributed by atoms with Crippen molar-refractivity contribution in [2.45, 2.75) is 111 Å². The van der Waals surface area contributed by atoms with Crippen molar-refractivity contribution >= 4 is 13.7 Å². The van der Waals surface area contributed by atoms with Gasteiger partial charge in [-0.2, -0.15) is 0 Å². The number of nitrogens with one attached hydrogen (secondary N) is 1. The fraction of sp³-hybridized carbons (Fsp3) is 0.893. The van der Waals surface area contributed by atoms with Gasteiger partial charge in [0.05, 0.1) is 0 Å². The van der Waals surface area contributed by atoms with Crippen molar-refractivity contribution in [3.8, 4) is 0 Å². The summed E-state index contributed by atoms with van der Waals surface area (Å²) in [5, 5.41) is 2.08. The molecule has 6 nitrogen and oxygen atoms in total. The predicted octanol–water partition coefficient (Wildman–Crippen LogP) is -0.244. The van der Waals surface area contributed by atoms with E-state index in [-0.39, 0.29) is 114 Å². The zero-order chi connectivity index (χ0) is 25.4. The molecule has 0 aliphatic heterocycles. The number of rotatable bonds is 8. The summed E-state index contributed by atoms with van der Waals surface area (Å²) in [5.74, 6) is 4.01. The molecular weight excluding hydrogens is 539 g/mol. The largest absolute Gasteiger partial charge is 1.00 e. The standard InChI is InChI=1S/C28H48NO5P.2K/c1-19(2)7-5-6-8-20-10-12-24-23-11-9-21-17-22(34-26(30)29-18-35(31,32)33)13-15-28(21,4)25(23)14-16-27(20,24)3;;/h9,19-20,22-25H,5-8,10-18H2,1-4H3,(H,29,30)(H2,31,32,33);;/q;2*+1/p-2/t20-,22-,23-,24-,25-,27+,28-;;/m0../s1. The van der Waals surface area contributed by atoms with Gasteiger partial charge in [-0.3, -0.25) is 0 Å². The van der Waals surface area contributed by atoms with Gasteiger partial charge >= 0.3 is 109 Å². The molecule has 4 aliphatic rings. The van der Waals surface area contributed by atoms with Crippen LogP contribution in [0.1, 0.15) is 105 Å². The Labute approximate surface area is 310 Å². The van der Waals surface area contributed by atoms with E-state index in [4.69, 9.17) is 4.74 Å². The molecule has 0 heterocycles. The Morgan fingerprint density at radius 3 is 2.51 bits per heavy atom. The van der Waals surface area contributed by atoms with Crippen molar-refractivity contribution in [2.24, 2.45) is 40.4 Å². The average Bonchev–Trinajstić information content (AvgIpc) is 3.11. The van der Waals surface area contributed by atoms with Gasteiger partial charge < -0.3 is 24.4 Å². The number of unbranched alkanes of at least 4 members (excludes halogenated alkanes) is 1. The fourth-order valence-corrected chi connectivity index (χ4v) is 8.93. The number of allylic oxidation sites excluding steroid dienone is 1. The number of hydrogen-bond donors (Lipinski definition) is 1. The number of carbonyl (C=O) groups is 1. The van der Waals surface area contributed by atoms with Crippen molar-refractivity contribution in [1.82, 2.24) is 5.32 Å². The summed E-state index contributed by atoms with van der Waals surface area (Å²) in [4.78, 5) is 33.6. The summed E-state index contributed by atoms with van der Waals surface area (Å²) >= 11 is 0. The molecule has 1 amide bonds. The monoisotopic (exact) mass is 585 g/mol. The molecule has 0 aromatic rings. The topological polar surface area (TPSA) is 102 Å². The number of alkyl carbamates (subject to hydrolysis) is 1. The summed E-state index contributed by atoms with van der Waals surface area (Å²) in [6.45, 7) is 9.71. The van der Waals surface area contributed by atoms with Crippen LogP contribution in [0.4, 0.5) is 4.79 Å².